The molecule has 2 aromatic rings. The van der Waals surface area contributed by atoms with Crippen LogP contribution in [0.1, 0.15) is 5.56 Å². The largest absolute Gasteiger partial charge is 0.507 e. The summed E-state index contributed by atoms with van der Waals surface area (Å²) in [5.41, 5.74) is 0.611. The molecule has 2 aromatic carbocycles. The van der Waals surface area contributed by atoms with Gasteiger partial charge in [0.15, 0.2) is 0 Å². The van der Waals surface area contributed by atoms with E-state index in [4.69, 9.17) is 5.26 Å². The van der Waals surface area contributed by atoms with Gasteiger partial charge in [0.25, 0.3) is 10.0 Å². The van der Waals surface area contributed by atoms with Crippen molar-refractivity contribution >= 4 is 15.7 Å². The lowest BCUT2D eigenvalue weighted by Crippen LogP contribution is -2.13. The summed E-state index contributed by atoms with van der Waals surface area (Å²) in [6.07, 6.45) is 0. The summed E-state index contributed by atoms with van der Waals surface area (Å²) < 4.78 is 26.4. The van der Waals surface area contributed by atoms with Gasteiger partial charge in [0.05, 0.1) is 17.3 Å². The van der Waals surface area contributed by atoms with Gasteiger partial charge in [0.2, 0.25) is 0 Å². The van der Waals surface area contributed by atoms with Crippen molar-refractivity contribution in [2.45, 2.75) is 4.90 Å². The number of nitrogens with one attached hydrogen (secondary N) is 1. The zero-order chi connectivity index (χ0) is 13.9. The molecular weight excluding hydrogens is 264 g/mol. The Morgan fingerprint density at radius 3 is 2.53 bits per heavy atom. The monoisotopic (exact) mass is 274 g/mol. The fourth-order valence-corrected chi connectivity index (χ4v) is 2.70. The highest BCUT2D eigenvalue weighted by molar-refractivity contribution is 7.92. The molecule has 96 valence electrons. The number of nitrogens with zero attached hydrogens (tertiary/aromatic N) is 1. The van der Waals surface area contributed by atoms with Crippen LogP contribution in [-0.4, -0.2) is 13.5 Å². The summed E-state index contributed by atoms with van der Waals surface area (Å²) in [6.45, 7) is 0. The Balaban J connectivity index is 2.37. The predicted octanol–water partition coefficient (Wildman–Crippen LogP) is 2.06. The van der Waals surface area contributed by atoms with Gasteiger partial charge in [-0.1, -0.05) is 18.2 Å². The van der Waals surface area contributed by atoms with E-state index < -0.39 is 10.0 Å². The second-order valence-corrected chi connectivity index (χ2v) is 5.42. The smallest absolute Gasteiger partial charge is 0.265 e. The molecule has 2 rings (SSSR count). The number of anilines is 1. The lowest BCUT2D eigenvalue weighted by Gasteiger charge is -2.09. The van der Waals surface area contributed by atoms with Gasteiger partial charge in [-0.2, -0.15) is 5.26 Å². The molecular formula is C13H10N2O3S. The van der Waals surface area contributed by atoms with Crippen molar-refractivity contribution in [1.29, 1.82) is 5.26 Å². The first kappa shape index (κ1) is 12.9. The molecule has 0 unspecified atom stereocenters. The quantitative estimate of drug-likeness (QED) is 0.896. The normalized spacial score (nSPS) is 10.7. The number of sulfonamides is 1. The summed E-state index contributed by atoms with van der Waals surface area (Å²) in [5.74, 6) is -0.327. The van der Waals surface area contributed by atoms with Crippen LogP contribution in [0.4, 0.5) is 5.69 Å². The van der Waals surface area contributed by atoms with Gasteiger partial charge in [-0.15, -0.1) is 0 Å². The minimum atomic E-state index is -3.88. The summed E-state index contributed by atoms with van der Waals surface area (Å²) in [4.78, 5) is -0.211. The first-order valence-electron chi connectivity index (χ1n) is 5.34. The van der Waals surface area contributed by atoms with Crippen LogP contribution < -0.4 is 4.72 Å². The molecule has 0 spiro atoms. The zero-order valence-electron chi connectivity index (χ0n) is 9.74. The van der Waals surface area contributed by atoms with E-state index in [-0.39, 0.29) is 16.3 Å². The van der Waals surface area contributed by atoms with Gasteiger partial charge in [-0.05, 0) is 30.3 Å². The molecule has 0 radical (unpaired) electrons. The maximum atomic E-state index is 12.1. The third kappa shape index (κ3) is 2.84. The van der Waals surface area contributed by atoms with Gasteiger partial charge in [0.1, 0.15) is 10.6 Å². The standard InChI is InChI=1S/C13H10N2O3S/c14-9-10-4-3-5-11(8-10)15-19(17,18)13-7-2-1-6-12(13)16/h1-8,15-16H. The van der Waals surface area contributed by atoms with Gasteiger partial charge in [-0.25, -0.2) is 8.42 Å². The highest BCUT2D eigenvalue weighted by Crippen LogP contribution is 2.24. The summed E-state index contributed by atoms with van der Waals surface area (Å²) >= 11 is 0. The van der Waals surface area contributed by atoms with E-state index in [1.807, 2.05) is 6.07 Å². The third-order valence-corrected chi connectivity index (χ3v) is 3.83. The number of nitriles is 1. The minimum absolute atomic E-state index is 0.211. The molecule has 0 saturated carbocycles. The number of phenolic OH excluding ortho intramolecular Hbond substituents is 1. The number of aromatic hydroxyl groups is 1. The molecule has 0 heterocycles. The second-order valence-electron chi connectivity index (χ2n) is 3.77. The molecule has 19 heavy (non-hydrogen) atoms. The van der Waals surface area contributed by atoms with Crippen molar-refractivity contribution in [3.05, 3.63) is 54.1 Å². The Bertz CT molecular complexity index is 748. The summed E-state index contributed by atoms with van der Waals surface area (Å²) in [7, 11) is -3.88. The number of phenols is 1. The van der Waals surface area contributed by atoms with Crippen LogP contribution in [0.15, 0.2) is 53.4 Å². The van der Waals surface area contributed by atoms with Crippen molar-refractivity contribution in [3.63, 3.8) is 0 Å². The predicted molar refractivity (Wildman–Crippen MR) is 70.1 cm³/mol. The number of para-hydroxylation sites is 1. The van der Waals surface area contributed by atoms with Crippen LogP contribution in [0, 0.1) is 11.3 Å². The van der Waals surface area contributed by atoms with E-state index in [1.54, 1.807) is 12.1 Å². The summed E-state index contributed by atoms with van der Waals surface area (Å²) in [6, 6.07) is 13.6. The average Bonchev–Trinajstić information content (AvgIpc) is 2.38. The fraction of sp³-hybridized carbons (Fsp3) is 0. The topological polar surface area (TPSA) is 90.2 Å². The maximum absolute atomic E-state index is 12.1. The van der Waals surface area contributed by atoms with Crippen LogP contribution in [-0.2, 0) is 10.0 Å². The first-order chi connectivity index (χ1) is 9.03. The third-order valence-electron chi connectivity index (χ3n) is 2.40. The van der Waals surface area contributed by atoms with Crippen LogP contribution in [0.25, 0.3) is 0 Å². The Hall–Kier alpha value is -2.52. The summed E-state index contributed by atoms with van der Waals surface area (Å²) in [5, 5.41) is 18.3. The van der Waals surface area contributed by atoms with Crippen LogP contribution >= 0.6 is 0 Å². The highest BCUT2D eigenvalue weighted by Gasteiger charge is 2.18. The SMILES string of the molecule is N#Cc1cccc(NS(=O)(=O)c2ccccc2O)c1. The number of hydrogen-bond donors (Lipinski definition) is 2. The zero-order valence-corrected chi connectivity index (χ0v) is 10.6. The average molecular weight is 274 g/mol. The number of hydrogen-bond acceptors (Lipinski definition) is 4. The van der Waals surface area contributed by atoms with Gasteiger partial charge in [-0.3, -0.25) is 4.72 Å². The van der Waals surface area contributed by atoms with E-state index in [0.717, 1.165) is 0 Å². The van der Waals surface area contributed by atoms with Crippen molar-refractivity contribution in [2.24, 2.45) is 0 Å². The van der Waals surface area contributed by atoms with E-state index in [1.165, 1.54) is 36.4 Å². The molecule has 0 aliphatic heterocycles. The highest BCUT2D eigenvalue weighted by atomic mass is 32.2. The van der Waals surface area contributed by atoms with E-state index in [2.05, 4.69) is 4.72 Å². The van der Waals surface area contributed by atoms with Crippen LogP contribution in [0.5, 0.6) is 5.75 Å². The minimum Gasteiger partial charge on any atom is -0.507 e. The van der Waals surface area contributed by atoms with Gasteiger partial charge in [0, 0.05) is 0 Å². The van der Waals surface area contributed by atoms with Crippen molar-refractivity contribution < 1.29 is 13.5 Å². The maximum Gasteiger partial charge on any atom is 0.265 e. The molecule has 2 N–H and O–H groups in total. The molecule has 0 aliphatic rings. The van der Waals surface area contributed by atoms with Gasteiger partial charge < -0.3 is 5.11 Å². The molecule has 0 aromatic heterocycles. The van der Waals surface area contributed by atoms with Crippen LogP contribution in [0.3, 0.4) is 0 Å². The Labute approximate surface area is 110 Å². The van der Waals surface area contributed by atoms with E-state index in [0.29, 0.717) is 5.56 Å². The first-order valence-corrected chi connectivity index (χ1v) is 6.82. The second kappa shape index (κ2) is 5.00. The Morgan fingerprint density at radius 2 is 1.84 bits per heavy atom. The molecule has 5 nitrogen and oxygen atoms in total. The van der Waals surface area contributed by atoms with Gasteiger partial charge >= 0.3 is 0 Å². The van der Waals surface area contributed by atoms with E-state index >= 15 is 0 Å². The number of rotatable bonds is 3. The molecule has 0 fully saturated rings. The molecule has 0 bridgehead atoms. The Morgan fingerprint density at radius 1 is 1.11 bits per heavy atom. The Kier molecular flexibility index (Phi) is 3.40. The lowest BCUT2D eigenvalue weighted by atomic mass is 10.2. The van der Waals surface area contributed by atoms with E-state index in [9.17, 15) is 13.5 Å². The molecule has 0 amide bonds. The van der Waals surface area contributed by atoms with Crippen molar-refractivity contribution in [1.82, 2.24) is 0 Å². The molecule has 0 saturated heterocycles. The molecule has 6 heteroatoms. The number of benzene rings is 2. The lowest BCUT2D eigenvalue weighted by molar-refractivity contribution is 0.459. The van der Waals surface area contributed by atoms with Crippen LogP contribution in [0.2, 0.25) is 0 Å². The fourth-order valence-electron chi connectivity index (χ4n) is 1.55. The van der Waals surface area contributed by atoms with Crippen molar-refractivity contribution in [3.8, 4) is 11.8 Å². The molecule has 0 atom stereocenters. The van der Waals surface area contributed by atoms with Crippen molar-refractivity contribution in [2.75, 3.05) is 4.72 Å². The molecule has 0 aliphatic carbocycles.